The molecule has 0 amide bonds. The van der Waals surface area contributed by atoms with Crippen molar-refractivity contribution in [1.29, 1.82) is 0 Å². The number of H-pyrrole nitrogens is 1. The van der Waals surface area contributed by atoms with Gasteiger partial charge in [0.05, 0.1) is 18.7 Å². The van der Waals surface area contributed by atoms with Gasteiger partial charge in [0, 0.05) is 15.8 Å². The molecule has 4 aromatic rings. The van der Waals surface area contributed by atoms with E-state index in [0.717, 1.165) is 44.6 Å². The first-order chi connectivity index (χ1) is 14.1. The molecule has 1 aromatic heterocycles. The monoisotopic (exact) mass is 386 g/mol. The molecule has 3 aromatic carbocycles. The van der Waals surface area contributed by atoms with E-state index in [1.807, 2.05) is 79.7 Å². The summed E-state index contributed by atoms with van der Waals surface area (Å²) in [6, 6.07) is 23.7. The first-order valence-electron chi connectivity index (χ1n) is 9.50. The first kappa shape index (κ1) is 18.7. The minimum absolute atomic E-state index is 0.173. The zero-order valence-corrected chi connectivity index (χ0v) is 16.4. The van der Waals surface area contributed by atoms with Gasteiger partial charge in [-0.25, -0.2) is 0 Å². The van der Waals surface area contributed by atoms with Gasteiger partial charge < -0.3 is 9.72 Å². The highest BCUT2D eigenvalue weighted by Crippen LogP contribution is 2.39. The molecular formula is C24H22N2O3. The van der Waals surface area contributed by atoms with Gasteiger partial charge in [-0.2, -0.15) is 0 Å². The van der Waals surface area contributed by atoms with E-state index in [4.69, 9.17) is 4.74 Å². The second-order valence-electron chi connectivity index (χ2n) is 7.17. The Morgan fingerprint density at radius 1 is 1.00 bits per heavy atom. The van der Waals surface area contributed by atoms with Crippen LogP contribution in [-0.4, -0.2) is 23.6 Å². The molecule has 5 heteroatoms. The maximum absolute atomic E-state index is 11.6. The van der Waals surface area contributed by atoms with Crippen LogP contribution in [0.1, 0.15) is 22.6 Å². The van der Waals surface area contributed by atoms with Crippen LogP contribution in [0, 0.1) is 17.0 Å². The summed E-state index contributed by atoms with van der Waals surface area (Å²) in [4.78, 5) is 14.8. The molecule has 0 radical (unpaired) electrons. The smallest absolute Gasteiger partial charge is 0.214 e. The summed E-state index contributed by atoms with van der Waals surface area (Å²) in [7, 11) is 1.63. The molecule has 0 aliphatic rings. The summed E-state index contributed by atoms with van der Waals surface area (Å²) in [6.07, 6.45) is 0. The number of aryl methyl sites for hydroxylation is 1. The molecule has 0 saturated heterocycles. The second kappa shape index (κ2) is 7.80. The van der Waals surface area contributed by atoms with Crippen molar-refractivity contribution in [1.82, 2.24) is 4.98 Å². The van der Waals surface area contributed by atoms with Crippen molar-refractivity contribution in [3.05, 3.63) is 99.6 Å². The number of para-hydroxylation sites is 1. The molecule has 0 bridgehead atoms. The molecule has 0 aliphatic carbocycles. The van der Waals surface area contributed by atoms with E-state index < -0.39 is 0 Å². The van der Waals surface area contributed by atoms with Crippen molar-refractivity contribution in [3.63, 3.8) is 0 Å². The van der Waals surface area contributed by atoms with Crippen molar-refractivity contribution in [2.24, 2.45) is 0 Å². The Labute approximate surface area is 169 Å². The molecule has 1 N–H and O–H groups in total. The standard InChI is InChI=1S/C24H22N2O3/c1-16-7-9-17(10-8-16)21(15-26(27)28)23-20-5-3-4-6-22(20)25-24(23)18-11-13-19(29-2)14-12-18/h3-14,21,25H,15H2,1-2H3/t21-/m0/s1. The molecule has 0 aliphatic heterocycles. The minimum atomic E-state index is -0.362. The van der Waals surface area contributed by atoms with Crippen LogP contribution >= 0.6 is 0 Å². The first-order valence-corrected chi connectivity index (χ1v) is 9.50. The largest absolute Gasteiger partial charge is 0.497 e. The Bertz CT molecular complexity index is 1150. The van der Waals surface area contributed by atoms with Crippen LogP contribution in [0.4, 0.5) is 0 Å². The Hall–Kier alpha value is -3.60. The fourth-order valence-corrected chi connectivity index (χ4v) is 3.82. The van der Waals surface area contributed by atoms with E-state index in [1.54, 1.807) is 7.11 Å². The second-order valence-corrected chi connectivity index (χ2v) is 7.17. The molecule has 0 fully saturated rings. The van der Waals surface area contributed by atoms with Crippen LogP contribution in [0.2, 0.25) is 0 Å². The van der Waals surface area contributed by atoms with Crippen molar-refractivity contribution in [3.8, 4) is 17.0 Å². The molecule has 146 valence electrons. The number of benzene rings is 3. The lowest BCUT2D eigenvalue weighted by molar-refractivity contribution is -0.481. The number of methoxy groups -OCH3 is 1. The van der Waals surface area contributed by atoms with Gasteiger partial charge in [0.1, 0.15) is 5.75 Å². The van der Waals surface area contributed by atoms with Crippen molar-refractivity contribution >= 4 is 10.9 Å². The van der Waals surface area contributed by atoms with Gasteiger partial charge in [-0.3, -0.25) is 10.1 Å². The molecular weight excluding hydrogens is 364 g/mol. The number of ether oxygens (including phenoxy) is 1. The number of nitro groups is 1. The third-order valence-electron chi connectivity index (χ3n) is 5.28. The Morgan fingerprint density at radius 3 is 2.34 bits per heavy atom. The number of hydrogen-bond acceptors (Lipinski definition) is 3. The van der Waals surface area contributed by atoms with Crippen molar-refractivity contribution in [2.75, 3.05) is 13.7 Å². The molecule has 1 heterocycles. The van der Waals surface area contributed by atoms with E-state index >= 15 is 0 Å². The third-order valence-corrected chi connectivity index (χ3v) is 5.28. The predicted molar refractivity (Wildman–Crippen MR) is 115 cm³/mol. The fourth-order valence-electron chi connectivity index (χ4n) is 3.82. The summed E-state index contributed by atoms with van der Waals surface area (Å²) >= 11 is 0. The van der Waals surface area contributed by atoms with E-state index in [2.05, 4.69) is 4.98 Å². The summed E-state index contributed by atoms with van der Waals surface area (Å²) in [5.41, 5.74) is 5.86. The molecule has 1 atom stereocenters. The molecule has 29 heavy (non-hydrogen) atoms. The van der Waals surface area contributed by atoms with Gasteiger partial charge in [0.15, 0.2) is 0 Å². The number of nitrogens with one attached hydrogen (secondary N) is 1. The normalized spacial score (nSPS) is 12.1. The zero-order chi connectivity index (χ0) is 20.4. The SMILES string of the molecule is COc1ccc(-c2[nH]c3ccccc3c2[C@@H](C[N+](=O)[O-])c2ccc(C)cc2)cc1. The average Bonchev–Trinajstić information content (AvgIpc) is 3.12. The highest BCUT2D eigenvalue weighted by Gasteiger charge is 2.27. The van der Waals surface area contributed by atoms with Gasteiger partial charge in [0.25, 0.3) is 0 Å². The lowest BCUT2D eigenvalue weighted by Gasteiger charge is -2.16. The lowest BCUT2D eigenvalue weighted by atomic mass is 9.87. The van der Waals surface area contributed by atoms with Gasteiger partial charge in [-0.05, 0) is 53.9 Å². The van der Waals surface area contributed by atoms with Crippen molar-refractivity contribution in [2.45, 2.75) is 12.8 Å². The van der Waals surface area contributed by atoms with E-state index in [9.17, 15) is 10.1 Å². The highest BCUT2D eigenvalue weighted by molar-refractivity contribution is 5.92. The van der Waals surface area contributed by atoms with Crippen LogP contribution in [0.15, 0.2) is 72.8 Å². The fraction of sp³-hybridized carbons (Fsp3) is 0.167. The molecule has 5 nitrogen and oxygen atoms in total. The number of hydrogen-bond donors (Lipinski definition) is 1. The Balaban J connectivity index is 1.95. The summed E-state index contributed by atoms with van der Waals surface area (Å²) in [5, 5.41) is 12.6. The van der Waals surface area contributed by atoms with Gasteiger partial charge in [-0.15, -0.1) is 0 Å². The lowest BCUT2D eigenvalue weighted by Crippen LogP contribution is -2.14. The summed E-state index contributed by atoms with van der Waals surface area (Å²) < 4.78 is 5.28. The maximum Gasteiger partial charge on any atom is 0.214 e. The van der Waals surface area contributed by atoms with Gasteiger partial charge in [-0.1, -0.05) is 48.0 Å². The Morgan fingerprint density at radius 2 is 1.69 bits per heavy atom. The van der Waals surface area contributed by atoms with Crippen LogP contribution in [-0.2, 0) is 0 Å². The maximum atomic E-state index is 11.6. The average molecular weight is 386 g/mol. The van der Waals surface area contributed by atoms with Crippen LogP contribution in [0.25, 0.3) is 22.2 Å². The summed E-state index contributed by atoms with van der Waals surface area (Å²) in [6.45, 7) is 1.84. The number of aromatic nitrogens is 1. The predicted octanol–water partition coefficient (Wildman–Crippen LogP) is 5.56. The molecule has 0 saturated carbocycles. The molecule has 0 unspecified atom stereocenters. The van der Waals surface area contributed by atoms with Crippen LogP contribution in [0.5, 0.6) is 5.75 Å². The zero-order valence-electron chi connectivity index (χ0n) is 16.4. The molecule has 0 spiro atoms. The third kappa shape index (κ3) is 3.72. The van der Waals surface area contributed by atoms with Crippen LogP contribution in [0.3, 0.4) is 0 Å². The number of nitrogens with zero attached hydrogens (tertiary/aromatic N) is 1. The number of fused-ring (bicyclic) bond motifs is 1. The molecule has 4 rings (SSSR count). The number of rotatable bonds is 6. The van der Waals surface area contributed by atoms with E-state index in [0.29, 0.717) is 0 Å². The van der Waals surface area contributed by atoms with E-state index in [1.165, 1.54) is 0 Å². The van der Waals surface area contributed by atoms with Gasteiger partial charge >= 0.3 is 0 Å². The highest BCUT2D eigenvalue weighted by atomic mass is 16.6. The minimum Gasteiger partial charge on any atom is -0.497 e. The Kier molecular flexibility index (Phi) is 5.04. The van der Waals surface area contributed by atoms with Gasteiger partial charge in [0.2, 0.25) is 6.54 Å². The topological polar surface area (TPSA) is 68.2 Å². The van der Waals surface area contributed by atoms with E-state index in [-0.39, 0.29) is 17.4 Å². The van der Waals surface area contributed by atoms with Crippen LogP contribution < -0.4 is 4.74 Å². The number of aromatic amines is 1. The summed E-state index contributed by atoms with van der Waals surface area (Å²) in [5.74, 6) is 0.408. The quantitative estimate of drug-likeness (QED) is 0.348. The van der Waals surface area contributed by atoms with Crippen molar-refractivity contribution < 1.29 is 9.66 Å².